The fourth-order valence-electron chi connectivity index (χ4n) is 1.87. The van der Waals surface area contributed by atoms with Crippen LogP contribution in [0, 0.1) is 5.92 Å². The van der Waals surface area contributed by atoms with Crippen molar-refractivity contribution >= 4 is 39.3 Å². The van der Waals surface area contributed by atoms with Gasteiger partial charge in [0.15, 0.2) is 0 Å². The van der Waals surface area contributed by atoms with Crippen molar-refractivity contribution in [3.05, 3.63) is 27.7 Å². The first kappa shape index (κ1) is 13.6. The minimum atomic E-state index is 0.572. The van der Waals surface area contributed by atoms with Crippen LogP contribution in [0.25, 0.3) is 0 Å². The third kappa shape index (κ3) is 3.55. The predicted molar refractivity (Wildman–Crippen MR) is 79.4 cm³/mol. The molecule has 1 aromatic rings. The van der Waals surface area contributed by atoms with Gasteiger partial charge >= 0.3 is 0 Å². The summed E-state index contributed by atoms with van der Waals surface area (Å²) < 4.78 is 6.86. The molecule has 1 aliphatic rings. The highest BCUT2D eigenvalue weighted by molar-refractivity contribution is 9.10. The summed E-state index contributed by atoms with van der Waals surface area (Å²) in [6.45, 7) is 3.00. The molecule has 1 unspecified atom stereocenters. The van der Waals surface area contributed by atoms with E-state index in [2.05, 4.69) is 35.0 Å². The SMILES string of the molecule is CC(CCl)CSCc1cc(Br)cc2c1OCC2. The Morgan fingerprint density at radius 1 is 1.53 bits per heavy atom. The zero-order chi connectivity index (χ0) is 12.3. The summed E-state index contributed by atoms with van der Waals surface area (Å²) in [5, 5.41) is 0. The lowest BCUT2D eigenvalue weighted by Crippen LogP contribution is -2.00. The van der Waals surface area contributed by atoms with Gasteiger partial charge in [0.2, 0.25) is 0 Å². The van der Waals surface area contributed by atoms with E-state index in [0.717, 1.165) is 40.6 Å². The Balaban J connectivity index is 2.01. The molecule has 1 atom stereocenters. The highest BCUT2D eigenvalue weighted by atomic mass is 79.9. The van der Waals surface area contributed by atoms with Crippen LogP contribution in [0.3, 0.4) is 0 Å². The molecule has 17 heavy (non-hydrogen) atoms. The molecule has 0 aromatic heterocycles. The summed E-state index contributed by atoms with van der Waals surface area (Å²) >= 11 is 11.3. The van der Waals surface area contributed by atoms with E-state index in [0.29, 0.717) is 5.92 Å². The first-order chi connectivity index (χ1) is 8.20. The van der Waals surface area contributed by atoms with Crippen LogP contribution in [0.4, 0.5) is 0 Å². The van der Waals surface area contributed by atoms with Gasteiger partial charge in [0.05, 0.1) is 6.61 Å². The molecule has 1 aliphatic heterocycles. The van der Waals surface area contributed by atoms with Gasteiger partial charge in [0.1, 0.15) is 5.75 Å². The molecule has 2 rings (SSSR count). The normalized spacial score (nSPS) is 15.5. The van der Waals surface area contributed by atoms with E-state index >= 15 is 0 Å². The number of benzene rings is 1. The van der Waals surface area contributed by atoms with Gasteiger partial charge < -0.3 is 4.74 Å². The van der Waals surface area contributed by atoms with Gasteiger partial charge in [-0.2, -0.15) is 11.8 Å². The highest BCUT2D eigenvalue weighted by Gasteiger charge is 2.17. The fraction of sp³-hybridized carbons (Fsp3) is 0.538. The monoisotopic (exact) mass is 334 g/mol. The van der Waals surface area contributed by atoms with E-state index < -0.39 is 0 Å². The van der Waals surface area contributed by atoms with Crippen molar-refractivity contribution in [2.75, 3.05) is 18.2 Å². The van der Waals surface area contributed by atoms with Crippen LogP contribution < -0.4 is 4.74 Å². The Bertz CT molecular complexity index is 397. The Labute approximate surface area is 120 Å². The number of hydrogen-bond donors (Lipinski definition) is 0. The van der Waals surface area contributed by atoms with E-state index in [9.17, 15) is 0 Å². The third-order valence-electron chi connectivity index (χ3n) is 2.75. The molecule has 0 radical (unpaired) electrons. The first-order valence-electron chi connectivity index (χ1n) is 5.78. The molecule has 1 aromatic carbocycles. The van der Waals surface area contributed by atoms with Crippen molar-refractivity contribution in [3.63, 3.8) is 0 Å². The second-order valence-electron chi connectivity index (χ2n) is 4.43. The smallest absolute Gasteiger partial charge is 0.126 e. The number of fused-ring (bicyclic) bond motifs is 1. The van der Waals surface area contributed by atoms with E-state index in [1.165, 1.54) is 11.1 Å². The van der Waals surface area contributed by atoms with E-state index in [4.69, 9.17) is 16.3 Å². The standard InChI is InChI=1S/C13H16BrClOS/c1-9(6-15)7-17-8-11-5-12(14)4-10-2-3-16-13(10)11/h4-5,9H,2-3,6-8H2,1H3. The largest absolute Gasteiger partial charge is 0.493 e. The van der Waals surface area contributed by atoms with Gasteiger partial charge in [-0.3, -0.25) is 0 Å². The lowest BCUT2D eigenvalue weighted by atomic mass is 10.1. The molecule has 0 amide bonds. The maximum atomic E-state index is 5.81. The van der Waals surface area contributed by atoms with Crippen molar-refractivity contribution in [3.8, 4) is 5.75 Å². The van der Waals surface area contributed by atoms with Gasteiger partial charge in [-0.1, -0.05) is 22.9 Å². The number of halogens is 2. The third-order valence-corrected chi connectivity index (χ3v) is 5.05. The number of hydrogen-bond acceptors (Lipinski definition) is 2. The lowest BCUT2D eigenvalue weighted by Gasteiger charge is -2.10. The minimum Gasteiger partial charge on any atom is -0.493 e. The molecule has 4 heteroatoms. The van der Waals surface area contributed by atoms with Gasteiger partial charge in [0, 0.05) is 28.1 Å². The zero-order valence-corrected chi connectivity index (χ0v) is 13.0. The number of ether oxygens (including phenoxy) is 1. The van der Waals surface area contributed by atoms with E-state index in [1.807, 2.05) is 11.8 Å². The molecular weight excluding hydrogens is 320 g/mol. The summed E-state index contributed by atoms with van der Waals surface area (Å²) in [5.74, 6) is 4.52. The number of thioether (sulfide) groups is 1. The second-order valence-corrected chi connectivity index (χ2v) is 6.68. The Morgan fingerprint density at radius 3 is 3.12 bits per heavy atom. The Morgan fingerprint density at radius 2 is 2.35 bits per heavy atom. The summed E-state index contributed by atoms with van der Waals surface area (Å²) in [4.78, 5) is 0. The fourth-order valence-corrected chi connectivity index (χ4v) is 3.73. The molecule has 0 fully saturated rings. The summed E-state index contributed by atoms with van der Waals surface area (Å²) in [6, 6.07) is 4.33. The molecule has 1 heterocycles. The molecular formula is C13H16BrClOS. The molecule has 0 saturated heterocycles. The lowest BCUT2D eigenvalue weighted by molar-refractivity contribution is 0.354. The maximum Gasteiger partial charge on any atom is 0.126 e. The summed E-state index contributed by atoms with van der Waals surface area (Å²) in [6.07, 6.45) is 1.03. The Hall–Kier alpha value is 0.140. The van der Waals surface area contributed by atoms with Crippen molar-refractivity contribution in [2.24, 2.45) is 5.92 Å². The van der Waals surface area contributed by atoms with Gasteiger partial charge in [-0.15, -0.1) is 11.6 Å². The van der Waals surface area contributed by atoms with Gasteiger partial charge in [0.25, 0.3) is 0 Å². The van der Waals surface area contributed by atoms with Crippen LogP contribution in [0.1, 0.15) is 18.1 Å². The van der Waals surface area contributed by atoms with Crippen LogP contribution in [-0.4, -0.2) is 18.2 Å². The summed E-state index contributed by atoms with van der Waals surface area (Å²) in [5.41, 5.74) is 2.64. The average Bonchev–Trinajstić information content (AvgIpc) is 2.76. The molecule has 0 bridgehead atoms. The molecule has 0 spiro atoms. The molecule has 0 saturated carbocycles. The molecule has 0 aliphatic carbocycles. The first-order valence-corrected chi connectivity index (χ1v) is 8.26. The van der Waals surface area contributed by atoms with Crippen LogP contribution in [0.5, 0.6) is 5.75 Å². The molecule has 94 valence electrons. The quantitative estimate of drug-likeness (QED) is 0.733. The maximum absolute atomic E-state index is 5.81. The Kier molecular flexibility index (Phi) is 5.07. The van der Waals surface area contributed by atoms with Crippen LogP contribution >= 0.6 is 39.3 Å². The van der Waals surface area contributed by atoms with Crippen molar-refractivity contribution < 1.29 is 4.74 Å². The number of alkyl halides is 1. The predicted octanol–water partition coefficient (Wildman–Crippen LogP) is 4.49. The molecule has 1 nitrogen and oxygen atoms in total. The number of rotatable bonds is 5. The second kappa shape index (κ2) is 6.35. The van der Waals surface area contributed by atoms with Crippen LogP contribution in [-0.2, 0) is 12.2 Å². The highest BCUT2D eigenvalue weighted by Crippen LogP contribution is 2.35. The van der Waals surface area contributed by atoms with Crippen molar-refractivity contribution in [2.45, 2.75) is 19.1 Å². The van der Waals surface area contributed by atoms with Crippen molar-refractivity contribution in [1.82, 2.24) is 0 Å². The van der Waals surface area contributed by atoms with Gasteiger partial charge in [-0.05, 0) is 29.4 Å². The minimum absolute atomic E-state index is 0.572. The van der Waals surface area contributed by atoms with Crippen LogP contribution in [0.15, 0.2) is 16.6 Å². The van der Waals surface area contributed by atoms with Crippen molar-refractivity contribution in [1.29, 1.82) is 0 Å². The van der Waals surface area contributed by atoms with Crippen LogP contribution in [0.2, 0.25) is 0 Å². The average molecular weight is 336 g/mol. The molecule has 0 N–H and O–H groups in total. The van der Waals surface area contributed by atoms with E-state index in [1.54, 1.807) is 0 Å². The topological polar surface area (TPSA) is 9.23 Å². The zero-order valence-electron chi connectivity index (χ0n) is 9.84. The van der Waals surface area contributed by atoms with Gasteiger partial charge in [-0.25, -0.2) is 0 Å². The summed E-state index contributed by atoms with van der Waals surface area (Å²) in [7, 11) is 0. The van der Waals surface area contributed by atoms with E-state index in [-0.39, 0.29) is 0 Å².